The Morgan fingerprint density at radius 2 is 1.94 bits per heavy atom. The summed E-state index contributed by atoms with van der Waals surface area (Å²) in [6, 6.07) is 18.1. The summed E-state index contributed by atoms with van der Waals surface area (Å²) in [6.45, 7) is 12.3. The molecule has 4 heteroatoms. The van der Waals surface area contributed by atoms with Crippen LogP contribution in [-0.2, 0) is 0 Å². The van der Waals surface area contributed by atoms with E-state index in [1.807, 2.05) is 42.5 Å². The highest BCUT2D eigenvalue weighted by Gasteiger charge is 2.35. The molecular formula is C27H31N3O. The van der Waals surface area contributed by atoms with Crippen LogP contribution < -0.4 is 10.3 Å². The molecule has 31 heavy (non-hydrogen) atoms. The van der Waals surface area contributed by atoms with Crippen molar-refractivity contribution in [2.45, 2.75) is 52.5 Å². The lowest BCUT2D eigenvalue weighted by atomic mass is 9.79. The molecule has 4 nitrogen and oxygen atoms in total. The van der Waals surface area contributed by atoms with Gasteiger partial charge in [0.25, 0.3) is 5.91 Å². The number of anilines is 1. The largest absolute Gasteiger partial charge is 0.366 e. The van der Waals surface area contributed by atoms with Gasteiger partial charge in [0.15, 0.2) is 0 Å². The number of aryl methyl sites for hydroxylation is 1. The highest BCUT2D eigenvalue weighted by molar-refractivity contribution is 6.07. The summed E-state index contributed by atoms with van der Waals surface area (Å²) in [5, 5.41) is 6.26. The van der Waals surface area contributed by atoms with Crippen molar-refractivity contribution in [3.05, 3.63) is 76.9 Å². The van der Waals surface area contributed by atoms with Crippen LogP contribution in [0.5, 0.6) is 0 Å². The third-order valence-corrected chi connectivity index (χ3v) is 6.49. The predicted molar refractivity (Wildman–Crippen MR) is 130 cm³/mol. The molecule has 0 saturated carbocycles. The molecule has 0 spiro atoms. The number of hydrazone groups is 1. The van der Waals surface area contributed by atoms with E-state index in [2.05, 4.69) is 62.2 Å². The number of amides is 1. The zero-order valence-corrected chi connectivity index (χ0v) is 19.1. The minimum Gasteiger partial charge on any atom is -0.366 e. The summed E-state index contributed by atoms with van der Waals surface area (Å²) in [7, 11) is 0. The topological polar surface area (TPSA) is 44.7 Å². The molecule has 160 valence electrons. The number of fused-ring (bicyclic) bond motifs is 2. The van der Waals surface area contributed by atoms with Crippen molar-refractivity contribution >= 4 is 28.6 Å². The molecule has 3 aromatic rings. The van der Waals surface area contributed by atoms with Crippen molar-refractivity contribution in [1.82, 2.24) is 5.43 Å². The fourth-order valence-corrected chi connectivity index (χ4v) is 5.03. The Kier molecular flexibility index (Phi) is 5.57. The van der Waals surface area contributed by atoms with Crippen molar-refractivity contribution in [2.75, 3.05) is 11.4 Å². The van der Waals surface area contributed by atoms with Gasteiger partial charge in [0.1, 0.15) is 0 Å². The van der Waals surface area contributed by atoms with Crippen molar-refractivity contribution in [3.63, 3.8) is 0 Å². The fourth-order valence-electron chi connectivity index (χ4n) is 5.03. The molecule has 0 saturated heterocycles. The van der Waals surface area contributed by atoms with Crippen LogP contribution in [0.25, 0.3) is 10.8 Å². The van der Waals surface area contributed by atoms with Gasteiger partial charge in [0.2, 0.25) is 0 Å². The molecule has 0 aromatic heterocycles. The van der Waals surface area contributed by atoms with E-state index in [1.54, 1.807) is 6.21 Å². The zero-order chi connectivity index (χ0) is 22.2. The SMILES string of the molecule is CCN1c2cc(C)c(/C=N\NC(=O)c3cccc4ccccc34)cc2[C@@H](C)CC1(C)C. The molecule has 0 aliphatic carbocycles. The van der Waals surface area contributed by atoms with Gasteiger partial charge in [0, 0.05) is 23.3 Å². The molecule has 4 rings (SSSR count). The van der Waals surface area contributed by atoms with Crippen LogP contribution in [0.2, 0.25) is 0 Å². The number of carbonyl (C=O) groups is 1. The van der Waals surface area contributed by atoms with E-state index in [4.69, 9.17) is 0 Å². The summed E-state index contributed by atoms with van der Waals surface area (Å²) in [5.41, 5.74) is 8.37. The maximum Gasteiger partial charge on any atom is 0.271 e. The summed E-state index contributed by atoms with van der Waals surface area (Å²) < 4.78 is 0. The van der Waals surface area contributed by atoms with Crippen LogP contribution in [-0.4, -0.2) is 24.2 Å². The Morgan fingerprint density at radius 1 is 1.19 bits per heavy atom. The summed E-state index contributed by atoms with van der Waals surface area (Å²) in [5.74, 6) is 0.279. The van der Waals surface area contributed by atoms with Gasteiger partial charge in [-0.05, 0) is 85.7 Å². The molecule has 1 aliphatic heterocycles. The molecule has 1 heterocycles. The first-order chi connectivity index (χ1) is 14.8. The second kappa shape index (κ2) is 8.18. The zero-order valence-electron chi connectivity index (χ0n) is 19.1. The van der Waals surface area contributed by atoms with Crippen LogP contribution >= 0.6 is 0 Å². The molecule has 0 unspecified atom stereocenters. The quantitative estimate of drug-likeness (QED) is 0.420. The molecule has 1 N–H and O–H groups in total. The minimum atomic E-state index is -0.198. The van der Waals surface area contributed by atoms with E-state index in [9.17, 15) is 4.79 Å². The van der Waals surface area contributed by atoms with E-state index in [-0.39, 0.29) is 11.4 Å². The Balaban J connectivity index is 1.59. The van der Waals surface area contributed by atoms with Crippen molar-refractivity contribution in [2.24, 2.45) is 5.10 Å². The molecule has 0 radical (unpaired) electrons. The second-order valence-electron chi connectivity index (χ2n) is 9.16. The average molecular weight is 414 g/mol. The highest BCUT2D eigenvalue weighted by atomic mass is 16.2. The van der Waals surface area contributed by atoms with Gasteiger partial charge in [-0.25, -0.2) is 5.43 Å². The van der Waals surface area contributed by atoms with Gasteiger partial charge < -0.3 is 4.90 Å². The van der Waals surface area contributed by atoms with Crippen LogP contribution in [0.15, 0.2) is 59.7 Å². The van der Waals surface area contributed by atoms with E-state index < -0.39 is 0 Å². The van der Waals surface area contributed by atoms with Crippen molar-refractivity contribution < 1.29 is 4.79 Å². The van der Waals surface area contributed by atoms with E-state index in [1.165, 1.54) is 11.3 Å². The van der Waals surface area contributed by atoms with Gasteiger partial charge in [-0.3, -0.25) is 4.79 Å². The first kappa shape index (κ1) is 21.1. The first-order valence-electron chi connectivity index (χ1n) is 11.0. The highest BCUT2D eigenvalue weighted by Crippen LogP contribution is 2.44. The number of hydrogen-bond donors (Lipinski definition) is 1. The maximum absolute atomic E-state index is 12.7. The number of rotatable bonds is 4. The Bertz CT molecular complexity index is 1160. The monoisotopic (exact) mass is 413 g/mol. The average Bonchev–Trinajstić information content (AvgIpc) is 2.73. The summed E-state index contributed by atoms with van der Waals surface area (Å²) >= 11 is 0. The Labute approximate surface area is 185 Å². The molecule has 3 aromatic carbocycles. The van der Waals surface area contributed by atoms with E-state index in [0.29, 0.717) is 11.5 Å². The predicted octanol–water partition coefficient (Wildman–Crippen LogP) is 6.02. The third-order valence-electron chi connectivity index (χ3n) is 6.49. The lowest BCUT2D eigenvalue weighted by Gasteiger charge is -2.47. The summed E-state index contributed by atoms with van der Waals surface area (Å²) in [6.07, 6.45) is 2.88. The summed E-state index contributed by atoms with van der Waals surface area (Å²) in [4.78, 5) is 15.2. The van der Waals surface area contributed by atoms with Crippen molar-refractivity contribution in [3.8, 4) is 0 Å². The number of carbonyl (C=O) groups excluding carboxylic acids is 1. The first-order valence-corrected chi connectivity index (χ1v) is 11.0. The van der Waals surface area contributed by atoms with Crippen LogP contribution in [0.3, 0.4) is 0 Å². The molecule has 1 aliphatic rings. The standard InChI is InChI=1S/C27H31N3O/c1-6-30-25-14-18(2)21(15-24(25)19(3)16-27(30,4)5)17-28-29-26(31)23-13-9-11-20-10-7-8-12-22(20)23/h7-15,17,19H,6,16H2,1-5H3,(H,29,31)/b28-17-/t19-/m0/s1. The van der Waals surface area contributed by atoms with Crippen LogP contribution in [0.4, 0.5) is 5.69 Å². The smallest absolute Gasteiger partial charge is 0.271 e. The number of nitrogens with zero attached hydrogens (tertiary/aromatic N) is 2. The lowest BCUT2D eigenvalue weighted by Crippen LogP contribution is -2.48. The second-order valence-corrected chi connectivity index (χ2v) is 9.16. The molecule has 1 atom stereocenters. The normalized spacial score (nSPS) is 17.7. The minimum absolute atomic E-state index is 0.148. The van der Waals surface area contributed by atoms with E-state index >= 15 is 0 Å². The maximum atomic E-state index is 12.7. The van der Waals surface area contributed by atoms with Crippen LogP contribution in [0, 0.1) is 6.92 Å². The van der Waals surface area contributed by atoms with Gasteiger partial charge in [-0.2, -0.15) is 5.10 Å². The molecular weight excluding hydrogens is 382 g/mol. The van der Waals surface area contributed by atoms with Crippen molar-refractivity contribution in [1.29, 1.82) is 0 Å². The molecule has 0 fully saturated rings. The Hall–Kier alpha value is -3.14. The third kappa shape index (κ3) is 3.95. The molecule has 1 amide bonds. The van der Waals surface area contributed by atoms with Gasteiger partial charge in [-0.1, -0.05) is 43.3 Å². The van der Waals surface area contributed by atoms with Gasteiger partial charge in [0.05, 0.1) is 6.21 Å². The number of nitrogens with one attached hydrogen (secondary N) is 1. The van der Waals surface area contributed by atoms with Gasteiger partial charge >= 0.3 is 0 Å². The fraction of sp³-hybridized carbons (Fsp3) is 0.333. The van der Waals surface area contributed by atoms with Gasteiger partial charge in [-0.15, -0.1) is 0 Å². The number of benzene rings is 3. The molecule has 0 bridgehead atoms. The van der Waals surface area contributed by atoms with Crippen LogP contribution in [0.1, 0.15) is 67.1 Å². The Morgan fingerprint density at radius 3 is 2.71 bits per heavy atom. The number of hydrogen-bond acceptors (Lipinski definition) is 3. The lowest BCUT2D eigenvalue weighted by molar-refractivity contribution is 0.0957. The van der Waals surface area contributed by atoms with E-state index in [0.717, 1.165) is 34.9 Å².